The van der Waals surface area contributed by atoms with Crippen molar-refractivity contribution in [2.75, 3.05) is 0 Å². The highest BCUT2D eigenvalue weighted by Crippen LogP contribution is 2.12. The minimum Gasteiger partial charge on any atom is -0.306 e. The highest BCUT2D eigenvalue weighted by Gasteiger charge is 2.15. The van der Waals surface area contributed by atoms with E-state index in [-0.39, 0.29) is 5.54 Å². The molecule has 1 N–H and O–H groups in total. The molecule has 92 valence electrons. The molecule has 1 aromatic heterocycles. The topological polar surface area (TPSA) is 29.9 Å². The van der Waals surface area contributed by atoms with E-state index < -0.39 is 0 Å². The number of nitrogens with zero attached hydrogens (tertiary/aromatic N) is 2. The molecule has 0 radical (unpaired) electrons. The number of aromatic nitrogens is 2. The van der Waals surface area contributed by atoms with Crippen molar-refractivity contribution in [2.24, 2.45) is 0 Å². The Kier molecular flexibility index (Phi) is 5.00. The van der Waals surface area contributed by atoms with E-state index in [9.17, 15) is 0 Å². The van der Waals surface area contributed by atoms with Gasteiger partial charge in [0.1, 0.15) is 0 Å². The summed E-state index contributed by atoms with van der Waals surface area (Å²) in [5, 5.41) is 7.93. The van der Waals surface area contributed by atoms with Crippen LogP contribution in [-0.2, 0) is 13.1 Å². The minimum atomic E-state index is 0.218. The summed E-state index contributed by atoms with van der Waals surface area (Å²) in [5.74, 6) is 0. The van der Waals surface area contributed by atoms with Gasteiger partial charge in [0.15, 0.2) is 0 Å². The fourth-order valence-electron chi connectivity index (χ4n) is 1.97. The predicted octanol–water partition coefficient (Wildman–Crippen LogP) is 2.96. The lowest BCUT2D eigenvalue weighted by molar-refractivity contribution is 0.350. The zero-order valence-electron chi connectivity index (χ0n) is 11.1. The molecule has 0 aliphatic carbocycles. The van der Waals surface area contributed by atoms with E-state index in [1.807, 2.05) is 6.20 Å². The number of hydrogen-bond acceptors (Lipinski definition) is 2. The summed E-state index contributed by atoms with van der Waals surface area (Å²) < 4.78 is 2.09. The first-order chi connectivity index (χ1) is 7.59. The highest BCUT2D eigenvalue weighted by molar-refractivity contribution is 5.01. The van der Waals surface area contributed by atoms with Crippen molar-refractivity contribution < 1.29 is 0 Å². The van der Waals surface area contributed by atoms with Crippen LogP contribution < -0.4 is 5.32 Å². The number of rotatable bonds is 7. The van der Waals surface area contributed by atoms with Gasteiger partial charge in [0.05, 0.1) is 5.69 Å². The second-order valence-corrected chi connectivity index (χ2v) is 5.03. The van der Waals surface area contributed by atoms with Gasteiger partial charge in [0.25, 0.3) is 0 Å². The predicted molar refractivity (Wildman–Crippen MR) is 68.3 cm³/mol. The van der Waals surface area contributed by atoms with Crippen molar-refractivity contribution in [3.8, 4) is 0 Å². The van der Waals surface area contributed by atoms with E-state index in [1.165, 1.54) is 18.5 Å². The molecule has 0 spiro atoms. The highest BCUT2D eigenvalue weighted by atomic mass is 15.3. The van der Waals surface area contributed by atoms with E-state index in [4.69, 9.17) is 0 Å². The molecule has 0 aliphatic heterocycles. The molecule has 0 saturated carbocycles. The Balaban J connectivity index is 2.50. The van der Waals surface area contributed by atoms with Crippen LogP contribution in [0.15, 0.2) is 12.3 Å². The molecule has 0 aliphatic rings. The van der Waals surface area contributed by atoms with Gasteiger partial charge in [-0.2, -0.15) is 5.10 Å². The summed E-state index contributed by atoms with van der Waals surface area (Å²) in [5.41, 5.74) is 1.50. The van der Waals surface area contributed by atoms with Crippen LogP contribution in [0.25, 0.3) is 0 Å². The first kappa shape index (κ1) is 13.2. The van der Waals surface area contributed by atoms with Crippen LogP contribution in [-0.4, -0.2) is 15.3 Å². The van der Waals surface area contributed by atoms with Gasteiger partial charge in [0, 0.05) is 24.8 Å². The largest absolute Gasteiger partial charge is 0.306 e. The van der Waals surface area contributed by atoms with Gasteiger partial charge < -0.3 is 5.32 Å². The van der Waals surface area contributed by atoms with Gasteiger partial charge in [-0.25, -0.2) is 0 Å². The summed E-state index contributed by atoms with van der Waals surface area (Å²) >= 11 is 0. The summed E-state index contributed by atoms with van der Waals surface area (Å²) in [6, 6.07) is 2.10. The molecule has 1 aromatic rings. The summed E-state index contributed by atoms with van der Waals surface area (Å²) in [4.78, 5) is 0. The summed E-state index contributed by atoms with van der Waals surface area (Å²) in [6.07, 6.45) is 5.44. The third-order valence-electron chi connectivity index (χ3n) is 2.86. The zero-order valence-corrected chi connectivity index (χ0v) is 11.1. The Hall–Kier alpha value is -0.830. The van der Waals surface area contributed by atoms with Crippen molar-refractivity contribution in [3.63, 3.8) is 0 Å². The molecule has 0 atom stereocenters. The first-order valence-electron chi connectivity index (χ1n) is 6.34. The van der Waals surface area contributed by atoms with Crippen LogP contribution in [0.5, 0.6) is 0 Å². The second kappa shape index (κ2) is 6.04. The maximum atomic E-state index is 4.33. The molecule has 0 bridgehead atoms. The van der Waals surface area contributed by atoms with Crippen molar-refractivity contribution >= 4 is 0 Å². The monoisotopic (exact) mass is 223 g/mol. The fraction of sp³-hybridized carbons (Fsp3) is 0.769. The molecule has 3 heteroatoms. The number of aryl methyl sites for hydroxylation is 1. The van der Waals surface area contributed by atoms with Crippen molar-refractivity contribution in [1.82, 2.24) is 15.1 Å². The molecular formula is C13H25N3. The lowest BCUT2D eigenvalue weighted by Crippen LogP contribution is -2.38. The van der Waals surface area contributed by atoms with Crippen LogP contribution in [0.3, 0.4) is 0 Å². The average molecular weight is 223 g/mol. The van der Waals surface area contributed by atoms with E-state index >= 15 is 0 Å². The fourth-order valence-corrected chi connectivity index (χ4v) is 1.97. The van der Waals surface area contributed by atoms with Crippen molar-refractivity contribution in [1.29, 1.82) is 0 Å². The Labute approximate surface area is 99.2 Å². The molecule has 3 nitrogen and oxygen atoms in total. The third-order valence-corrected chi connectivity index (χ3v) is 2.86. The SMILES string of the molecule is CCCn1nccc1CNC(C)(C)CCC. The second-order valence-electron chi connectivity index (χ2n) is 5.03. The van der Waals surface area contributed by atoms with Crippen LogP contribution in [0.1, 0.15) is 52.7 Å². The molecule has 0 unspecified atom stereocenters. The molecular weight excluding hydrogens is 198 g/mol. The normalized spacial score (nSPS) is 12.0. The Morgan fingerprint density at radius 1 is 1.31 bits per heavy atom. The molecule has 0 amide bonds. The molecule has 1 heterocycles. The standard InChI is InChI=1S/C13H25N3/c1-5-8-13(3,4)14-11-12-7-9-15-16(12)10-6-2/h7,9,14H,5-6,8,10-11H2,1-4H3. The number of hydrogen-bond donors (Lipinski definition) is 1. The van der Waals surface area contributed by atoms with Crippen LogP contribution >= 0.6 is 0 Å². The summed E-state index contributed by atoms with van der Waals surface area (Å²) in [6.45, 7) is 10.9. The first-order valence-corrected chi connectivity index (χ1v) is 6.34. The molecule has 0 saturated heterocycles. The van der Waals surface area contributed by atoms with Gasteiger partial charge in [0.2, 0.25) is 0 Å². The molecule has 0 fully saturated rings. The Morgan fingerprint density at radius 3 is 2.69 bits per heavy atom. The lowest BCUT2D eigenvalue weighted by atomic mass is 9.99. The van der Waals surface area contributed by atoms with E-state index in [1.54, 1.807) is 0 Å². The zero-order chi connectivity index (χ0) is 12.0. The van der Waals surface area contributed by atoms with Gasteiger partial charge in [-0.15, -0.1) is 0 Å². The lowest BCUT2D eigenvalue weighted by Gasteiger charge is -2.26. The van der Waals surface area contributed by atoms with E-state index in [2.05, 4.69) is 48.9 Å². The summed E-state index contributed by atoms with van der Waals surface area (Å²) in [7, 11) is 0. The van der Waals surface area contributed by atoms with Gasteiger partial charge in [-0.3, -0.25) is 4.68 Å². The molecule has 1 rings (SSSR count). The van der Waals surface area contributed by atoms with Crippen molar-refractivity contribution in [3.05, 3.63) is 18.0 Å². The quantitative estimate of drug-likeness (QED) is 0.770. The van der Waals surface area contributed by atoms with Crippen LogP contribution in [0.4, 0.5) is 0 Å². The minimum absolute atomic E-state index is 0.218. The van der Waals surface area contributed by atoms with Gasteiger partial charge in [-0.05, 0) is 32.8 Å². The third kappa shape index (κ3) is 3.97. The molecule has 0 aromatic carbocycles. The van der Waals surface area contributed by atoms with Gasteiger partial charge >= 0.3 is 0 Å². The number of nitrogens with one attached hydrogen (secondary N) is 1. The maximum Gasteiger partial charge on any atom is 0.0522 e. The smallest absolute Gasteiger partial charge is 0.0522 e. The van der Waals surface area contributed by atoms with Crippen molar-refractivity contribution in [2.45, 2.75) is 65.6 Å². The maximum absolute atomic E-state index is 4.33. The van der Waals surface area contributed by atoms with E-state index in [0.717, 1.165) is 19.5 Å². The van der Waals surface area contributed by atoms with Gasteiger partial charge in [-0.1, -0.05) is 20.3 Å². The Bertz CT molecular complexity index is 302. The molecule has 16 heavy (non-hydrogen) atoms. The van der Waals surface area contributed by atoms with Crippen LogP contribution in [0, 0.1) is 0 Å². The van der Waals surface area contributed by atoms with E-state index in [0.29, 0.717) is 0 Å². The average Bonchev–Trinajstić information content (AvgIpc) is 2.63. The Morgan fingerprint density at radius 2 is 2.06 bits per heavy atom. The van der Waals surface area contributed by atoms with Crippen LogP contribution in [0.2, 0.25) is 0 Å².